The number of H-pyrrole nitrogens is 1. The molecule has 5 rings (SSSR count). The van der Waals surface area contributed by atoms with Crippen LogP contribution in [0.5, 0.6) is 0 Å². The van der Waals surface area contributed by atoms with Crippen LogP contribution in [0.15, 0.2) is 108 Å². The van der Waals surface area contributed by atoms with E-state index in [0.29, 0.717) is 10.0 Å². The van der Waals surface area contributed by atoms with E-state index in [4.69, 9.17) is 23.2 Å². The van der Waals surface area contributed by atoms with Crippen LogP contribution >= 0.6 is 23.2 Å². The minimum absolute atomic E-state index is 0.0305. The van der Waals surface area contributed by atoms with E-state index in [0.717, 1.165) is 33.2 Å². The predicted molar refractivity (Wildman–Crippen MR) is 144 cm³/mol. The van der Waals surface area contributed by atoms with E-state index < -0.39 is 0 Å². The molecule has 1 aromatic heterocycles. The van der Waals surface area contributed by atoms with Crippen molar-refractivity contribution in [1.82, 2.24) is 4.98 Å². The maximum absolute atomic E-state index is 12.3. The van der Waals surface area contributed by atoms with E-state index in [-0.39, 0.29) is 11.5 Å². The summed E-state index contributed by atoms with van der Waals surface area (Å²) in [6.45, 7) is 0. The van der Waals surface area contributed by atoms with Crippen LogP contribution in [0.4, 0.5) is 0 Å². The monoisotopic (exact) mass is 481 g/mol. The van der Waals surface area contributed by atoms with Gasteiger partial charge in [-0.1, -0.05) is 96.0 Å². The molecular formula is C30H21Cl2NO. The van der Waals surface area contributed by atoms with Crippen molar-refractivity contribution in [2.45, 2.75) is 5.92 Å². The van der Waals surface area contributed by atoms with Gasteiger partial charge in [-0.25, -0.2) is 0 Å². The Morgan fingerprint density at radius 1 is 0.647 bits per heavy atom. The molecule has 1 heterocycles. The van der Waals surface area contributed by atoms with E-state index in [2.05, 4.69) is 53.5 Å². The predicted octanol–water partition coefficient (Wildman–Crippen LogP) is 8.19. The summed E-state index contributed by atoms with van der Waals surface area (Å²) in [6.07, 6.45) is 3.97. The molecule has 0 saturated heterocycles. The number of nitrogens with one attached hydrogen (secondary N) is 1. The normalized spacial score (nSPS) is 12.3. The molecule has 0 amide bonds. The zero-order chi connectivity index (χ0) is 23.5. The summed E-state index contributed by atoms with van der Waals surface area (Å²) in [4.78, 5) is 15.3. The third-order valence-electron chi connectivity index (χ3n) is 5.89. The topological polar surface area (TPSA) is 32.9 Å². The van der Waals surface area contributed by atoms with Gasteiger partial charge in [-0.3, -0.25) is 4.79 Å². The summed E-state index contributed by atoms with van der Waals surface area (Å²) in [5.41, 5.74) is 6.01. The first kappa shape index (κ1) is 22.2. The maximum atomic E-state index is 12.3. The lowest BCUT2D eigenvalue weighted by molar-refractivity contribution is 0.979. The molecule has 1 unspecified atom stereocenters. The largest absolute Gasteiger partial charge is 0.322 e. The molecule has 4 aromatic carbocycles. The summed E-state index contributed by atoms with van der Waals surface area (Å²) in [5, 5.41) is 2.39. The number of pyridine rings is 1. The first-order valence-corrected chi connectivity index (χ1v) is 11.7. The van der Waals surface area contributed by atoms with Crippen LogP contribution in [0.1, 0.15) is 33.7 Å². The van der Waals surface area contributed by atoms with Gasteiger partial charge in [0.05, 0.1) is 0 Å². The Balaban J connectivity index is 1.64. The van der Waals surface area contributed by atoms with Crippen LogP contribution in [0.3, 0.4) is 0 Å². The van der Waals surface area contributed by atoms with Crippen LogP contribution in [-0.2, 0) is 0 Å². The molecule has 0 aliphatic carbocycles. The molecule has 0 radical (unpaired) electrons. The summed E-state index contributed by atoms with van der Waals surface area (Å²) >= 11 is 12.2. The second-order valence-corrected chi connectivity index (χ2v) is 9.05. The van der Waals surface area contributed by atoms with Gasteiger partial charge in [-0.05, 0) is 64.2 Å². The van der Waals surface area contributed by atoms with Crippen LogP contribution in [0, 0.1) is 0 Å². The molecule has 0 fully saturated rings. The molecule has 34 heavy (non-hydrogen) atoms. The van der Waals surface area contributed by atoms with Gasteiger partial charge in [0.1, 0.15) is 0 Å². The van der Waals surface area contributed by atoms with Crippen LogP contribution in [-0.4, -0.2) is 4.98 Å². The van der Waals surface area contributed by atoms with Crippen molar-refractivity contribution < 1.29 is 0 Å². The number of benzene rings is 4. The average molecular weight is 482 g/mol. The van der Waals surface area contributed by atoms with Crippen LogP contribution in [0.25, 0.3) is 23.1 Å². The number of rotatable bonds is 5. The molecule has 0 bridgehead atoms. The summed E-state index contributed by atoms with van der Waals surface area (Å²) in [5.74, 6) is 0.0305. The van der Waals surface area contributed by atoms with Gasteiger partial charge in [-0.15, -0.1) is 0 Å². The van der Waals surface area contributed by atoms with E-state index in [1.807, 2.05) is 60.7 Å². The Kier molecular flexibility index (Phi) is 6.35. The molecule has 166 valence electrons. The smallest absolute Gasteiger partial charge is 0.249 e. The van der Waals surface area contributed by atoms with E-state index in [1.54, 1.807) is 6.07 Å². The highest BCUT2D eigenvalue weighted by Gasteiger charge is 2.17. The second kappa shape index (κ2) is 9.72. The Hall–Kier alpha value is -3.59. The molecule has 0 aliphatic rings. The molecule has 4 heteroatoms. The number of aromatic nitrogens is 1. The Morgan fingerprint density at radius 2 is 1.26 bits per heavy atom. The van der Waals surface area contributed by atoms with Gasteiger partial charge < -0.3 is 4.98 Å². The Bertz CT molecular complexity index is 1520. The molecular weight excluding hydrogens is 461 g/mol. The van der Waals surface area contributed by atoms with Gasteiger partial charge in [0.25, 0.3) is 0 Å². The second-order valence-electron chi connectivity index (χ2n) is 8.17. The molecule has 5 aromatic rings. The molecule has 0 aliphatic heterocycles. The molecule has 1 N–H and O–H groups in total. The number of fused-ring (bicyclic) bond motifs is 1. The van der Waals surface area contributed by atoms with Gasteiger partial charge in [0.2, 0.25) is 5.56 Å². The van der Waals surface area contributed by atoms with Gasteiger partial charge in [0.15, 0.2) is 0 Å². The average Bonchev–Trinajstić information content (AvgIpc) is 2.86. The van der Waals surface area contributed by atoms with Crippen molar-refractivity contribution in [3.8, 4) is 0 Å². The highest BCUT2D eigenvalue weighted by Crippen LogP contribution is 2.34. The van der Waals surface area contributed by atoms with Crippen molar-refractivity contribution in [3.63, 3.8) is 0 Å². The van der Waals surface area contributed by atoms with Crippen molar-refractivity contribution in [2.24, 2.45) is 0 Å². The fraction of sp³-hybridized carbons (Fsp3) is 0.0333. The van der Waals surface area contributed by atoms with Crippen molar-refractivity contribution in [3.05, 3.63) is 151 Å². The third-order valence-corrected chi connectivity index (χ3v) is 6.40. The third kappa shape index (κ3) is 4.84. The SMILES string of the molecule is O=c1cc(/C=C/c2ccc(Cl)cc2)c2cc(C(c3ccccc3)c3ccc(Cl)cc3)ccc2[nH]1. The first-order valence-electron chi connectivity index (χ1n) is 11.0. The van der Waals surface area contributed by atoms with Crippen LogP contribution in [0.2, 0.25) is 10.0 Å². The van der Waals surface area contributed by atoms with E-state index >= 15 is 0 Å². The first-order chi connectivity index (χ1) is 16.6. The Labute approximate surface area is 208 Å². The van der Waals surface area contributed by atoms with E-state index in [1.165, 1.54) is 5.56 Å². The number of aromatic amines is 1. The fourth-order valence-corrected chi connectivity index (χ4v) is 4.50. The zero-order valence-corrected chi connectivity index (χ0v) is 19.7. The standard InChI is InChI=1S/C30H21Cl2NO/c31-25-13-7-20(8-14-25)6-9-23-19-29(34)33-28-17-12-24(18-27(23)28)30(21-4-2-1-3-5-21)22-10-15-26(32)16-11-22/h1-19,30H,(H,33,34)/b9-6+. The van der Waals surface area contributed by atoms with Crippen LogP contribution < -0.4 is 5.56 Å². The zero-order valence-electron chi connectivity index (χ0n) is 18.2. The highest BCUT2D eigenvalue weighted by atomic mass is 35.5. The minimum atomic E-state index is -0.131. The van der Waals surface area contributed by atoms with Crippen molar-refractivity contribution in [2.75, 3.05) is 0 Å². The maximum Gasteiger partial charge on any atom is 0.249 e. The summed E-state index contributed by atoms with van der Waals surface area (Å²) < 4.78 is 0. The number of halogens is 2. The summed E-state index contributed by atoms with van der Waals surface area (Å²) in [7, 11) is 0. The lowest BCUT2D eigenvalue weighted by Gasteiger charge is -2.20. The molecule has 2 nitrogen and oxygen atoms in total. The quantitative estimate of drug-likeness (QED) is 0.252. The number of hydrogen-bond donors (Lipinski definition) is 1. The summed E-state index contributed by atoms with van der Waals surface area (Å²) in [6, 6.07) is 33.9. The fourth-order valence-electron chi connectivity index (χ4n) is 4.25. The molecule has 0 spiro atoms. The minimum Gasteiger partial charge on any atom is -0.322 e. The number of hydrogen-bond acceptors (Lipinski definition) is 1. The Morgan fingerprint density at radius 3 is 1.97 bits per heavy atom. The lowest BCUT2D eigenvalue weighted by atomic mass is 9.84. The van der Waals surface area contributed by atoms with Gasteiger partial charge in [-0.2, -0.15) is 0 Å². The van der Waals surface area contributed by atoms with Crippen molar-refractivity contribution >= 4 is 46.3 Å². The van der Waals surface area contributed by atoms with E-state index in [9.17, 15) is 4.79 Å². The molecule has 0 saturated carbocycles. The molecule has 1 atom stereocenters. The lowest BCUT2D eigenvalue weighted by Crippen LogP contribution is -2.07. The van der Waals surface area contributed by atoms with Crippen molar-refractivity contribution in [1.29, 1.82) is 0 Å². The highest BCUT2D eigenvalue weighted by molar-refractivity contribution is 6.30. The van der Waals surface area contributed by atoms with Gasteiger partial charge in [0, 0.05) is 32.9 Å². The van der Waals surface area contributed by atoms with Gasteiger partial charge >= 0.3 is 0 Å².